The number of hydrogen-bond donors (Lipinski definition) is 1. The van der Waals surface area contributed by atoms with E-state index in [4.69, 9.17) is 0 Å². The number of nitrogens with one attached hydrogen (secondary N) is 1. The molecule has 0 aliphatic heterocycles. The SMILES string of the molecule is C[C@@H](NC(=O)Cn1c(-c2cscn2)nc2ccccc21)c1ccccc1. The molecule has 26 heavy (non-hydrogen) atoms. The molecule has 1 amide bonds. The first-order chi connectivity index (χ1) is 12.7. The summed E-state index contributed by atoms with van der Waals surface area (Å²) in [5.41, 5.74) is 5.43. The molecule has 0 radical (unpaired) electrons. The number of benzene rings is 2. The molecule has 0 unspecified atom stereocenters. The maximum absolute atomic E-state index is 12.7. The second-order valence-corrected chi connectivity index (χ2v) is 6.80. The molecule has 0 saturated carbocycles. The van der Waals surface area contributed by atoms with Crippen LogP contribution in [0.5, 0.6) is 0 Å². The van der Waals surface area contributed by atoms with Crippen molar-refractivity contribution in [2.24, 2.45) is 0 Å². The lowest BCUT2D eigenvalue weighted by molar-refractivity contribution is -0.122. The number of rotatable bonds is 5. The van der Waals surface area contributed by atoms with Crippen LogP contribution < -0.4 is 5.32 Å². The van der Waals surface area contributed by atoms with Gasteiger partial charge in [0.1, 0.15) is 12.2 Å². The highest BCUT2D eigenvalue weighted by Gasteiger charge is 2.17. The molecule has 0 aliphatic rings. The predicted molar refractivity (Wildman–Crippen MR) is 104 cm³/mol. The smallest absolute Gasteiger partial charge is 0.240 e. The number of imidazole rings is 1. The van der Waals surface area contributed by atoms with Gasteiger partial charge in [-0.1, -0.05) is 42.5 Å². The molecule has 2 aromatic carbocycles. The van der Waals surface area contributed by atoms with Crippen molar-refractivity contribution in [2.45, 2.75) is 19.5 Å². The lowest BCUT2D eigenvalue weighted by Crippen LogP contribution is -2.30. The third kappa shape index (κ3) is 3.23. The van der Waals surface area contributed by atoms with Gasteiger partial charge >= 0.3 is 0 Å². The number of nitrogens with zero attached hydrogens (tertiary/aromatic N) is 3. The molecule has 0 saturated heterocycles. The summed E-state index contributed by atoms with van der Waals surface area (Å²) in [6.45, 7) is 2.19. The fraction of sp³-hybridized carbons (Fsp3) is 0.150. The van der Waals surface area contributed by atoms with Gasteiger partial charge in [-0.05, 0) is 24.6 Å². The third-order valence-electron chi connectivity index (χ3n) is 4.29. The maximum atomic E-state index is 12.7. The molecule has 0 aliphatic carbocycles. The lowest BCUT2D eigenvalue weighted by Gasteiger charge is -2.15. The summed E-state index contributed by atoms with van der Waals surface area (Å²) in [4.78, 5) is 21.7. The molecule has 130 valence electrons. The molecule has 5 nitrogen and oxygen atoms in total. The van der Waals surface area contributed by atoms with E-state index in [2.05, 4.69) is 15.3 Å². The molecule has 6 heteroatoms. The Morgan fingerprint density at radius 1 is 1.15 bits per heavy atom. The Labute approximate surface area is 155 Å². The topological polar surface area (TPSA) is 59.8 Å². The van der Waals surface area contributed by atoms with Crippen LogP contribution in [-0.4, -0.2) is 20.4 Å². The third-order valence-corrected chi connectivity index (χ3v) is 4.88. The molecular formula is C20H18N4OS. The Morgan fingerprint density at radius 3 is 2.69 bits per heavy atom. The summed E-state index contributed by atoms with van der Waals surface area (Å²) in [7, 11) is 0. The number of hydrogen-bond acceptors (Lipinski definition) is 4. The van der Waals surface area contributed by atoms with Crippen LogP contribution in [0.2, 0.25) is 0 Å². The minimum atomic E-state index is -0.0546. The van der Waals surface area contributed by atoms with Crippen molar-refractivity contribution in [3.63, 3.8) is 0 Å². The van der Waals surface area contributed by atoms with Gasteiger partial charge in [0, 0.05) is 5.38 Å². The first-order valence-electron chi connectivity index (χ1n) is 8.40. The molecule has 0 fully saturated rings. The van der Waals surface area contributed by atoms with Gasteiger partial charge in [0.25, 0.3) is 0 Å². The minimum absolute atomic E-state index is 0.0544. The number of para-hydroxylation sites is 2. The highest BCUT2D eigenvalue weighted by molar-refractivity contribution is 7.07. The van der Waals surface area contributed by atoms with Gasteiger partial charge in [-0.3, -0.25) is 4.79 Å². The Morgan fingerprint density at radius 2 is 1.92 bits per heavy atom. The van der Waals surface area contributed by atoms with Crippen LogP contribution in [0.25, 0.3) is 22.6 Å². The standard InChI is InChI=1S/C20H18N4OS/c1-14(15-7-3-2-4-8-15)22-19(25)11-24-18-10-6-5-9-16(18)23-20(24)17-12-26-13-21-17/h2-10,12-14H,11H2,1H3,(H,22,25)/t14-/m1/s1. The Kier molecular flexibility index (Phi) is 4.50. The van der Waals surface area contributed by atoms with E-state index in [-0.39, 0.29) is 18.5 Å². The summed E-state index contributed by atoms with van der Waals surface area (Å²) in [5.74, 6) is 0.663. The Balaban J connectivity index is 1.62. The van der Waals surface area contributed by atoms with Crippen molar-refractivity contribution in [1.29, 1.82) is 0 Å². The Hall–Kier alpha value is -2.99. The van der Waals surface area contributed by atoms with Crippen LogP contribution >= 0.6 is 11.3 Å². The number of fused-ring (bicyclic) bond motifs is 1. The van der Waals surface area contributed by atoms with Crippen LogP contribution in [0.3, 0.4) is 0 Å². The lowest BCUT2D eigenvalue weighted by atomic mass is 10.1. The fourth-order valence-electron chi connectivity index (χ4n) is 3.01. The van der Waals surface area contributed by atoms with Crippen molar-refractivity contribution in [1.82, 2.24) is 19.9 Å². The molecule has 2 aromatic heterocycles. The normalized spacial score (nSPS) is 12.2. The van der Waals surface area contributed by atoms with Crippen LogP contribution in [0.4, 0.5) is 0 Å². The number of carbonyl (C=O) groups is 1. The highest BCUT2D eigenvalue weighted by Crippen LogP contribution is 2.24. The molecule has 1 N–H and O–H groups in total. The van der Waals surface area contributed by atoms with Crippen LogP contribution in [-0.2, 0) is 11.3 Å². The van der Waals surface area contributed by atoms with E-state index in [9.17, 15) is 4.79 Å². The van der Waals surface area contributed by atoms with E-state index < -0.39 is 0 Å². The van der Waals surface area contributed by atoms with Crippen molar-refractivity contribution < 1.29 is 4.79 Å². The zero-order chi connectivity index (χ0) is 17.9. The zero-order valence-corrected chi connectivity index (χ0v) is 15.1. The van der Waals surface area contributed by atoms with Gasteiger partial charge in [0.05, 0.1) is 22.6 Å². The van der Waals surface area contributed by atoms with Gasteiger partial charge in [-0.15, -0.1) is 11.3 Å². The van der Waals surface area contributed by atoms with Gasteiger partial charge in [0.15, 0.2) is 5.82 Å². The molecule has 0 spiro atoms. The van der Waals surface area contributed by atoms with E-state index in [1.54, 1.807) is 5.51 Å². The Bertz CT molecular complexity index is 1020. The van der Waals surface area contributed by atoms with E-state index in [1.807, 2.05) is 71.5 Å². The maximum Gasteiger partial charge on any atom is 0.240 e. The van der Waals surface area contributed by atoms with E-state index in [0.717, 1.165) is 28.1 Å². The predicted octanol–water partition coefficient (Wildman–Crippen LogP) is 4.04. The summed E-state index contributed by atoms with van der Waals surface area (Å²) in [6, 6.07) is 17.7. The number of amides is 1. The quantitative estimate of drug-likeness (QED) is 0.583. The summed E-state index contributed by atoms with van der Waals surface area (Å²) >= 11 is 1.51. The monoisotopic (exact) mass is 362 g/mol. The first-order valence-corrected chi connectivity index (χ1v) is 9.35. The molecular weight excluding hydrogens is 344 g/mol. The first kappa shape index (κ1) is 16.5. The van der Waals surface area contributed by atoms with Crippen LogP contribution in [0.15, 0.2) is 65.5 Å². The molecule has 4 aromatic rings. The number of aromatic nitrogens is 3. The second kappa shape index (κ2) is 7.09. The summed E-state index contributed by atoms with van der Waals surface area (Å²) in [6.07, 6.45) is 0. The second-order valence-electron chi connectivity index (χ2n) is 6.08. The largest absolute Gasteiger partial charge is 0.348 e. The van der Waals surface area contributed by atoms with Crippen LogP contribution in [0.1, 0.15) is 18.5 Å². The zero-order valence-electron chi connectivity index (χ0n) is 14.3. The molecule has 1 atom stereocenters. The van der Waals surface area contributed by atoms with Gasteiger partial charge in [0.2, 0.25) is 5.91 Å². The molecule has 2 heterocycles. The highest BCUT2D eigenvalue weighted by atomic mass is 32.1. The van der Waals surface area contributed by atoms with Gasteiger partial charge < -0.3 is 9.88 Å². The summed E-state index contributed by atoms with van der Waals surface area (Å²) in [5, 5.41) is 5.01. The van der Waals surface area contributed by atoms with Gasteiger partial charge in [-0.2, -0.15) is 0 Å². The van der Waals surface area contributed by atoms with E-state index in [1.165, 1.54) is 11.3 Å². The average Bonchev–Trinajstić information content (AvgIpc) is 3.31. The average molecular weight is 362 g/mol. The van der Waals surface area contributed by atoms with E-state index >= 15 is 0 Å². The summed E-state index contributed by atoms with van der Waals surface area (Å²) < 4.78 is 1.93. The van der Waals surface area contributed by atoms with Crippen molar-refractivity contribution in [3.05, 3.63) is 71.1 Å². The van der Waals surface area contributed by atoms with Crippen molar-refractivity contribution >= 4 is 28.3 Å². The molecule has 4 rings (SSSR count). The van der Waals surface area contributed by atoms with Gasteiger partial charge in [-0.25, -0.2) is 9.97 Å². The van der Waals surface area contributed by atoms with Crippen LogP contribution in [0, 0.1) is 0 Å². The van der Waals surface area contributed by atoms with Crippen molar-refractivity contribution in [3.8, 4) is 11.5 Å². The number of thiazole rings is 1. The van der Waals surface area contributed by atoms with Crippen molar-refractivity contribution in [2.75, 3.05) is 0 Å². The molecule has 0 bridgehead atoms. The van der Waals surface area contributed by atoms with E-state index in [0.29, 0.717) is 0 Å². The fourth-order valence-corrected chi connectivity index (χ4v) is 3.54. The minimum Gasteiger partial charge on any atom is -0.348 e. The number of carbonyl (C=O) groups excluding carboxylic acids is 1.